The van der Waals surface area contributed by atoms with Crippen molar-refractivity contribution in [1.29, 1.82) is 0 Å². The van der Waals surface area contributed by atoms with E-state index >= 15 is 0 Å². The Kier molecular flexibility index (Phi) is 4.27. The molecule has 2 saturated heterocycles. The van der Waals surface area contributed by atoms with Crippen LogP contribution in [0.25, 0.3) is 0 Å². The van der Waals surface area contributed by atoms with Gasteiger partial charge < -0.3 is 15.1 Å². The van der Waals surface area contributed by atoms with Gasteiger partial charge in [0.1, 0.15) is 12.1 Å². The summed E-state index contributed by atoms with van der Waals surface area (Å²) in [4.78, 5) is 37.8. The number of hydrogen-bond donors (Lipinski definition) is 2. The highest BCUT2D eigenvalue weighted by molar-refractivity contribution is 5.88. The quantitative estimate of drug-likeness (QED) is 0.754. The average molecular weight is 284 g/mol. The third kappa shape index (κ3) is 2.63. The topological polar surface area (TPSA) is 98.2 Å². The number of hydrogen-bond acceptors (Lipinski definition) is 4. The van der Waals surface area contributed by atoms with E-state index in [1.807, 2.05) is 0 Å². The lowest BCUT2D eigenvalue weighted by molar-refractivity contribution is -0.152. The van der Waals surface area contributed by atoms with E-state index in [4.69, 9.17) is 10.2 Å². The van der Waals surface area contributed by atoms with Crippen molar-refractivity contribution in [3.8, 4) is 0 Å². The summed E-state index contributed by atoms with van der Waals surface area (Å²) in [7, 11) is 0. The Morgan fingerprint density at radius 2 is 1.55 bits per heavy atom. The maximum atomic E-state index is 12.4. The van der Waals surface area contributed by atoms with Gasteiger partial charge in [0, 0.05) is 6.54 Å². The molecule has 2 fully saturated rings. The number of aliphatic carboxylic acids is 2. The van der Waals surface area contributed by atoms with Crippen LogP contribution in [0, 0.1) is 0 Å². The third-order valence-corrected chi connectivity index (χ3v) is 4.26. The maximum absolute atomic E-state index is 12.4. The van der Waals surface area contributed by atoms with Gasteiger partial charge in [-0.3, -0.25) is 14.5 Å². The molecule has 3 atom stereocenters. The monoisotopic (exact) mass is 284 g/mol. The van der Waals surface area contributed by atoms with Crippen LogP contribution in [0.15, 0.2) is 0 Å². The van der Waals surface area contributed by atoms with E-state index in [0.717, 1.165) is 6.42 Å². The number of nitrogens with zero attached hydrogens (tertiary/aromatic N) is 2. The van der Waals surface area contributed by atoms with Gasteiger partial charge in [0.05, 0.1) is 6.04 Å². The van der Waals surface area contributed by atoms with Gasteiger partial charge in [0.25, 0.3) is 0 Å². The summed E-state index contributed by atoms with van der Waals surface area (Å²) in [6, 6.07) is -1.99. The lowest BCUT2D eigenvalue weighted by Crippen LogP contribution is -2.53. The van der Waals surface area contributed by atoms with Crippen molar-refractivity contribution >= 4 is 17.8 Å². The summed E-state index contributed by atoms with van der Waals surface area (Å²) >= 11 is 0. The zero-order valence-electron chi connectivity index (χ0n) is 11.5. The highest BCUT2D eigenvalue weighted by Gasteiger charge is 2.41. The van der Waals surface area contributed by atoms with Crippen LogP contribution in [0.1, 0.15) is 32.6 Å². The first-order chi connectivity index (χ1) is 9.43. The Morgan fingerprint density at radius 1 is 1.00 bits per heavy atom. The molecule has 0 spiro atoms. The molecule has 1 unspecified atom stereocenters. The smallest absolute Gasteiger partial charge is 0.326 e. The summed E-state index contributed by atoms with van der Waals surface area (Å²) in [5.74, 6) is -2.18. The second-order valence-corrected chi connectivity index (χ2v) is 5.44. The van der Waals surface area contributed by atoms with Gasteiger partial charge in [0.2, 0.25) is 5.91 Å². The fourth-order valence-electron chi connectivity index (χ4n) is 3.19. The number of rotatable bonds is 4. The highest BCUT2D eigenvalue weighted by atomic mass is 16.4. The first kappa shape index (κ1) is 14.8. The fraction of sp³-hybridized carbons (Fsp3) is 0.769. The van der Waals surface area contributed by atoms with Gasteiger partial charge in [-0.05, 0) is 39.2 Å². The first-order valence-electron chi connectivity index (χ1n) is 6.95. The fourth-order valence-corrected chi connectivity index (χ4v) is 3.19. The van der Waals surface area contributed by atoms with Gasteiger partial charge in [-0.25, -0.2) is 4.79 Å². The van der Waals surface area contributed by atoms with Crippen LogP contribution in [0.4, 0.5) is 0 Å². The lowest BCUT2D eigenvalue weighted by Gasteiger charge is -2.32. The minimum absolute atomic E-state index is 0.275. The molecule has 2 aliphatic heterocycles. The average Bonchev–Trinajstić information content (AvgIpc) is 3.05. The second kappa shape index (κ2) is 5.78. The molecule has 1 amide bonds. The van der Waals surface area contributed by atoms with Gasteiger partial charge in [-0.15, -0.1) is 0 Å². The molecule has 20 heavy (non-hydrogen) atoms. The summed E-state index contributed by atoms with van der Waals surface area (Å²) in [6.45, 7) is 2.67. The molecule has 2 heterocycles. The normalized spacial score (nSPS) is 28.6. The van der Waals surface area contributed by atoms with Crippen LogP contribution in [0.5, 0.6) is 0 Å². The van der Waals surface area contributed by atoms with Crippen LogP contribution in [-0.4, -0.2) is 69.1 Å². The SMILES string of the molecule is CC(C(=O)N1CCC[C@H]1C(=O)O)N1CCC[C@H]1C(=O)O. The molecule has 0 aromatic carbocycles. The van der Waals surface area contributed by atoms with Crippen molar-refractivity contribution < 1.29 is 24.6 Å². The van der Waals surface area contributed by atoms with Crippen LogP contribution in [-0.2, 0) is 14.4 Å². The molecule has 2 N–H and O–H groups in total. The predicted octanol–water partition coefficient (Wildman–Crippen LogP) is -0.000500. The molecule has 0 bridgehead atoms. The van der Waals surface area contributed by atoms with Crippen LogP contribution >= 0.6 is 0 Å². The molecule has 112 valence electrons. The molecular formula is C13H20N2O5. The number of carboxylic acids is 2. The largest absolute Gasteiger partial charge is 0.480 e. The van der Waals surface area contributed by atoms with Crippen LogP contribution < -0.4 is 0 Å². The second-order valence-electron chi connectivity index (χ2n) is 5.44. The highest BCUT2D eigenvalue weighted by Crippen LogP contribution is 2.24. The molecule has 7 nitrogen and oxygen atoms in total. The number of likely N-dealkylation sites (tertiary alicyclic amines) is 2. The zero-order valence-corrected chi connectivity index (χ0v) is 11.5. The van der Waals surface area contributed by atoms with E-state index in [1.54, 1.807) is 11.8 Å². The number of amides is 1. The van der Waals surface area contributed by atoms with Gasteiger partial charge in [-0.1, -0.05) is 0 Å². The van der Waals surface area contributed by atoms with E-state index in [2.05, 4.69) is 0 Å². The van der Waals surface area contributed by atoms with E-state index in [9.17, 15) is 14.4 Å². The number of carbonyl (C=O) groups excluding carboxylic acids is 1. The van der Waals surface area contributed by atoms with E-state index < -0.39 is 30.1 Å². The Balaban J connectivity index is 2.08. The van der Waals surface area contributed by atoms with Crippen LogP contribution in [0.3, 0.4) is 0 Å². The zero-order chi connectivity index (χ0) is 14.9. The number of carbonyl (C=O) groups is 3. The van der Waals surface area contributed by atoms with Crippen LogP contribution in [0.2, 0.25) is 0 Å². The Morgan fingerprint density at radius 3 is 2.15 bits per heavy atom. The summed E-state index contributed by atoms with van der Waals surface area (Å²) in [5.41, 5.74) is 0. The Bertz CT molecular complexity index is 425. The molecular weight excluding hydrogens is 264 g/mol. The minimum Gasteiger partial charge on any atom is -0.480 e. The van der Waals surface area contributed by atoms with Gasteiger partial charge >= 0.3 is 11.9 Å². The minimum atomic E-state index is -0.987. The van der Waals surface area contributed by atoms with E-state index in [-0.39, 0.29) is 5.91 Å². The van der Waals surface area contributed by atoms with Gasteiger partial charge in [0.15, 0.2) is 0 Å². The standard InChI is InChI=1S/C13H20N2O5/c1-8(14-6-2-4-9(14)12(17)18)11(16)15-7-3-5-10(15)13(19)20/h8-10H,2-7H2,1H3,(H,17,18)(H,19,20)/t8?,9-,10-/m0/s1. The van der Waals surface area contributed by atoms with Crippen molar-refractivity contribution in [3.05, 3.63) is 0 Å². The van der Waals surface area contributed by atoms with E-state index in [0.29, 0.717) is 32.4 Å². The van der Waals surface area contributed by atoms with Crippen molar-refractivity contribution in [2.24, 2.45) is 0 Å². The number of carboxylic acid groups (broad SMARTS) is 2. The molecule has 0 aliphatic carbocycles. The van der Waals surface area contributed by atoms with Gasteiger partial charge in [-0.2, -0.15) is 0 Å². The predicted molar refractivity (Wildman–Crippen MR) is 69.2 cm³/mol. The molecule has 2 aliphatic rings. The third-order valence-electron chi connectivity index (χ3n) is 4.26. The summed E-state index contributed by atoms with van der Waals surface area (Å²) in [5, 5.41) is 18.3. The van der Waals surface area contributed by atoms with Crippen molar-refractivity contribution in [2.45, 2.75) is 50.7 Å². The lowest BCUT2D eigenvalue weighted by atomic mass is 10.1. The first-order valence-corrected chi connectivity index (χ1v) is 6.95. The molecule has 0 aromatic rings. The van der Waals surface area contributed by atoms with Crippen molar-refractivity contribution in [3.63, 3.8) is 0 Å². The summed E-state index contributed by atoms with van der Waals surface area (Å²) in [6.07, 6.45) is 2.43. The molecule has 7 heteroatoms. The molecule has 0 aromatic heterocycles. The molecule has 0 radical (unpaired) electrons. The van der Waals surface area contributed by atoms with Crippen molar-refractivity contribution in [2.75, 3.05) is 13.1 Å². The Hall–Kier alpha value is -1.63. The van der Waals surface area contributed by atoms with E-state index in [1.165, 1.54) is 4.90 Å². The summed E-state index contributed by atoms with van der Waals surface area (Å²) < 4.78 is 0. The van der Waals surface area contributed by atoms with Crippen molar-refractivity contribution in [1.82, 2.24) is 9.80 Å². The maximum Gasteiger partial charge on any atom is 0.326 e. The Labute approximate surface area is 117 Å². The molecule has 0 saturated carbocycles. The molecule has 2 rings (SSSR count).